The summed E-state index contributed by atoms with van der Waals surface area (Å²) in [6, 6.07) is 8.00. The van der Waals surface area contributed by atoms with Crippen molar-refractivity contribution in [1.82, 2.24) is 10.3 Å². The van der Waals surface area contributed by atoms with Gasteiger partial charge in [-0.2, -0.15) is 0 Å². The molecule has 0 fully saturated rings. The molecule has 0 aliphatic rings. The van der Waals surface area contributed by atoms with Gasteiger partial charge < -0.3 is 10.1 Å². The Labute approximate surface area is 122 Å². The lowest BCUT2D eigenvalue weighted by Gasteiger charge is -2.03. The lowest BCUT2D eigenvalue weighted by Crippen LogP contribution is -2.19. The summed E-state index contributed by atoms with van der Waals surface area (Å²) in [5.74, 6) is -0.184. The van der Waals surface area contributed by atoms with Gasteiger partial charge in [-0.3, -0.25) is 9.78 Å². The number of ether oxygens (including phenoxy) is 1. The predicted molar refractivity (Wildman–Crippen MR) is 80.3 cm³/mol. The number of methoxy groups -OCH3 is 1. The van der Waals surface area contributed by atoms with Gasteiger partial charge in [0.2, 0.25) is 5.91 Å². The number of nitrogens with zero attached hydrogens (tertiary/aromatic N) is 1. The number of amides is 1. The van der Waals surface area contributed by atoms with Crippen molar-refractivity contribution in [3.8, 4) is 10.6 Å². The molecule has 0 saturated heterocycles. The number of hydrogen-bond donors (Lipinski definition) is 1. The van der Waals surface area contributed by atoms with E-state index in [9.17, 15) is 4.79 Å². The fourth-order valence-electron chi connectivity index (χ4n) is 1.67. The van der Waals surface area contributed by atoms with E-state index in [0.717, 1.165) is 16.1 Å². The van der Waals surface area contributed by atoms with E-state index < -0.39 is 0 Å². The van der Waals surface area contributed by atoms with Crippen LogP contribution in [0.1, 0.15) is 10.4 Å². The highest BCUT2D eigenvalue weighted by atomic mass is 32.1. The van der Waals surface area contributed by atoms with E-state index >= 15 is 0 Å². The number of rotatable bonds is 6. The van der Waals surface area contributed by atoms with Gasteiger partial charge in [0.25, 0.3) is 0 Å². The molecule has 0 atom stereocenters. The van der Waals surface area contributed by atoms with Gasteiger partial charge in [0.05, 0.1) is 17.2 Å². The van der Waals surface area contributed by atoms with E-state index in [1.165, 1.54) is 11.0 Å². The Bertz CT molecular complexity index is 590. The number of carbonyl (C=O) groups excluding carboxylic acids is 1. The maximum absolute atomic E-state index is 11.1. The molecule has 0 radical (unpaired) electrons. The first-order valence-corrected chi connectivity index (χ1v) is 6.98. The molecule has 0 bridgehead atoms. The average molecular weight is 288 g/mol. The maximum atomic E-state index is 11.1. The lowest BCUT2D eigenvalue weighted by molar-refractivity contribution is -0.116. The van der Waals surface area contributed by atoms with Crippen LogP contribution in [0.2, 0.25) is 0 Å². The molecule has 104 valence electrons. The molecule has 0 saturated carbocycles. The van der Waals surface area contributed by atoms with Crippen molar-refractivity contribution in [3.63, 3.8) is 0 Å². The molecule has 0 unspecified atom stereocenters. The first-order chi connectivity index (χ1) is 9.72. The van der Waals surface area contributed by atoms with E-state index in [1.54, 1.807) is 24.6 Å². The summed E-state index contributed by atoms with van der Waals surface area (Å²) in [6.45, 7) is 4.48. The highest BCUT2D eigenvalue weighted by molar-refractivity contribution is 7.15. The quantitative estimate of drug-likeness (QED) is 0.832. The number of aromatic nitrogens is 1. The summed E-state index contributed by atoms with van der Waals surface area (Å²) in [7, 11) is 1.68. The van der Waals surface area contributed by atoms with E-state index in [2.05, 4.69) is 16.9 Å². The van der Waals surface area contributed by atoms with Crippen LogP contribution in [0.25, 0.3) is 10.6 Å². The molecule has 0 aromatic carbocycles. The summed E-state index contributed by atoms with van der Waals surface area (Å²) < 4.78 is 5.10. The van der Waals surface area contributed by atoms with Crippen LogP contribution in [0.5, 0.6) is 0 Å². The molecule has 2 aromatic rings. The van der Waals surface area contributed by atoms with Crippen molar-refractivity contribution in [2.75, 3.05) is 7.11 Å². The predicted octanol–water partition coefficient (Wildman–Crippen LogP) is 2.76. The maximum Gasteiger partial charge on any atom is 0.243 e. The van der Waals surface area contributed by atoms with Crippen LogP contribution in [-0.2, 0) is 22.7 Å². The number of hydrogen-bond acceptors (Lipinski definition) is 4. The van der Waals surface area contributed by atoms with Crippen molar-refractivity contribution >= 4 is 17.2 Å². The van der Waals surface area contributed by atoms with Crippen LogP contribution in [0, 0.1) is 0 Å². The van der Waals surface area contributed by atoms with Gasteiger partial charge in [-0.1, -0.05) is 12.6 Å². The lowest BCUT2D eigenvalue weighted by atomic mass is 10.2. The summed E-state index contributed by atoms with van der Waals surface area (Å²) in [4.78, 5) is 17.8. The normalized spacial score (nSPS) is 10.2. The van der Waals surface area contributed by atoms with Crippen molar-refractivity contribution in [2.24, 2.45) is 0 Å². The molecular weight excluding hydrogens is 272 g/mol. The second-order valence-electron chi connectivity index (χ2n) is 4.17. The Hall–Kier alpha value is -1.98. The van der Waals surface area contributed by atoms with Crippen LogP contribution in [-0.4, -0.2) is 18.0 Å². The van der Waals surface area contributed by atoms with Gasteiger partial charge in [0.1, 0.15) is 0 Å². The molecule has 2 rings (SSSR count). The number of carbonyl (C=O) groups is 1. The van der Waals surface area contributed by atoms with Crippen LogP contribution < -0.4 is 5.32 Å². The number of pyridine rings is 1. The van der Waals surface area contributed by atoms with E-state index in [-0.39, 0.29) is 5.91 Å². The summed E-state index contributed by atoms with van der Waals surface area (Å²) in [5.41, 5.74) is 1.88. The van der Waals surface area contributed by atoms with Crippen LogP contribution in [0.15, 0.2) is 43.1 Å². The number of nitrogens with one attached hydrogen (secondary N) is 1. The van der Waals surface area contributed by atoms with Gasteiger partial charge in [0.15, 0.2) is 0 Å². The summed E-state index contributed by atoms with van der Waals surface area (Å²) in [5, 5.41) is 2.72. The molecule has 4 nitrogen and oxygen atoms in total. The Kier molecular flexibility index (Phi) is 5.03. The minimum Gasteiger partial charge on any atom is -0.379 e. The molecule has 20 heavy (non-hydrogen) atoms. The first-order valence-electron chi connectivity index (χ1n) is 6.16. The van der Waals surface area contributed by atoms with Crippen molar-refractivity contribution in [1.29, 1.82) is 0 Å². The summed E-state index contributed by atoms with van der Waals surface area (Å²) in [6.07, 6.45) is 3.03. The molecule has 1 N–H and O–H groups in total. The highest BCUT2D eigenvalue weighted by Gasteiger charge is 2.04. The second-order valence-corrected chi connectivity index (χ2v) is 5.34. The van der Waals surface area contributed by atoms with Crippen molar-refractivity contribution in [2.45, 2.75) is 13.2 Å². The second kappa shape index (κ2) is 6.98. The third-order valence-electron chi connectivity index (χ3n) is 2.68. The minimum atomic E-state index is -0.184. The fourth-order valence-corrected chi connectivity index (χ4v) is 2.63. The molecule has 2 heterocycles. The van der Waals surface area contributed by atoms with E-state index in [4.69, 9.17) is 4.74 Å². The third-order valence-corrected chi connectivity index (χ3v) is 3.76. The van der Waals surface area contributed by atoms with Gasteiger partial charge >= 0.3 is 0 Å². The average Bonchev–Trinajstić information content (AvgIpc) is 2.94. The van der Waals surface area contributed by atoms with E-state index in [1.807, 2.05) is 24.3 Å². The van der Waals surface area contributed by atoms with Crippen LogP contribution >= 0.6 is 11.3 Å². The molecule has 2 aromatic heterocycles. The Morgan fingerprint density at radius 3 is 2.95 bits per heavy atom. The van der Waals surface area contributed by atoms with Crippen LogP contribution in [0.3, 0.4) is 0 Å². The molecule has 5 heteroatoms. The largest absolute Gasteiger partial charge is 0.379 e. The third kappa shape index (κ3) is 3.76. The number of thiophene rings is 1. The summed E-state index contributed by atoms with van der Waals surface area (Å²) >= 11 is 1.67. The van der Waals surface area contributed by atoms with Crippen molar-refractivity contribution in [3.05, 3.63) is 53.6 Å². The topological polar surface area (TPSA) is 51.2 Å². The molecule has 0 spiro atoms. The SMILES string of the molecule is C=CC(=O)NCc1ccc(-c2ccc(COC)s2)nc1. The van der Waals surface area contributed by atoms with Gasteiger partial charge in [-0.15, -0.1) is 11.3 Å². The standard InChI is InChI=1S/C15H16N2O2S/c1-3-15(18)17-9-11-4-6-13(16-8-11)14-7-5-12(20-14)10-19-2/h3-8H,1,9-10H2,2H3,(H,17,18). The fraction of sp³-hybridized carbons (Fsp3) is 0.200. The first kappa shape index (κ1) is 14.4. The Morgan fingerprint density at radius 2 is 2.30 bits per heavy atom. The van der Waals surface area contributed by atoms with Gasteiger partial charge in [0, 0.05) is 24.7 Å². The highest BCUT2D eigenvalue weighted by Crippen LogP contribution is 2.26. The molecule has 1 amide bonds. The Balaban J connectivity index is 2.03. The van der Waals surface area contributed by atoms with Crippen LogP contribution in [0.4, 0.5) is 0 Å². The minimum absolute atomic E-state index is 0.184. The Morgan fingerprint density at radius 1 is 1.45 bits per heavy atom. The molecule has 0 aliphatic carbocycles. The molecular formula is C15H16N2O2S. The smallest absolute Gasteiger partial charge is 0.243 e. The van der Waals surface area contributed by atoms with Crippen molar-refractivity contribution < 1.29 is 9.53 Å². The monoisotopic (exact) mass is 288 g/mol. The zero-order valence-electron chi connectivity index (χ0n) is 11.3. The van der Waals surface area contributed by atoms with Gasteiger partial charge in [-0.05, 0) is 29.8 Å². The zero-order valence-corrected chi connectivity index (χ0v) is 12.1. The van der Waals surface area contributed by atoms with Gasteiger partial charge in [-0.25, -0.2) is 0 Å². The molecule has 0 aliphatic heterocycles. The zero-order chi connectivity index (χ0) is 14.4. The van der Waals surface area contributed by atoms with E-state index in [0.29, 0.717) is 13.2 Å².